The van der Waals surface area contributed by atoms with Gasteiger partial charge in [-0.05, 0) is 30.7 Å². The zero-order valence-corrected chi connectivity index (χ0v) is 9.92. The van der Waals surface area contributed by atoms with Crippen LogP contribution in [0.25, 0.3) is 0 Å². The average molecular weight is 261 g/mol. The first kappa shape index (κ1) is 14.5. The second kappa shape index (κ2) is 6.39. The lowest BCUT2D eigenvalue weighted by atomic mass is 10.2. The average Bonchev–Trinajstić information content (AvgIpc) is 2.25. The SMILES string of the molecule is CCCN(CC(=O)O)Cc1cc(F)c(F)c(F)c1. The molecule has 1 rings (SSSR count). The molecule has 0 saturated carbocycles. The molecule has 0 amide bonds. The van der Waals surface area contributed by atoms with Gasteiger partial charge in [-0.3, -0.25) is 9.69 Å². The summed E-state index contributed by atoms with van der Waals surface area (Å²) in [7, 11) is 0. The molecule has 100 valence electrons. The van der Waals surface area contributed by atoms with Crippen LogP contribution in [0.4, 0.5) is 13.2 Å². The van der Waals surface area contributed by atoms with Gasteiger partial charge in [0, 0.05) is 6.54 Å². The van der Waals surface area contributed by atoms with Gasteiger partial charge in [-0.2, -0.15) is 0 Å². The molecule has 0 radical (unpaired) electrons. The number of carboxylic acid groups (broad SMARTS) is 1. The molecule has 0 unspecified atom stereocenters. The zero-order valence-electron chi connectivity index (χ0n) is 9.92. The molecule has 1 N–H and O–H groups in total. The maximum atomic E-state index is 13.0. The second-order valence-electron chi connectivity index (χ2n) is 3.98. The summed E-state index contributed by atoms with van der Waals surface area (Å²) < 4.78 is 38.7. The number of hydrogen-bond acceptors (Lipinski definition) is 2. The minimum Gasteiger partial charge on any atom is -0.480 e. The van der Waals surface area contributed by atoms with Crippen molar-refractivity contribution in [3.05, 3.63) is 35.1 Å². The highest BCUT2D eigenvalue weighted by Gasteiger charge is 2.14. The Morgan fingerprint density at radius 2 is 1.83 bits per heavy atom. The quantitative estimate of drug-likeness (QED) is 0.799. The number of carbonyl (C=O) groups is 1. The van der Waals surface area contributed by atoms with E-state index in [1.54, 1.807) is 0 Å². The molecule has 1 aromatic rings. The van der Waals surface area contributed by atoms with Crippen molar-refractivity contribution in [3.63, 3.8) is 0 Å². The van der Waals surface area contributed by atoms with Crippen LogP contribution in [0, 0.1) is 17.5 Å². The van der Waals surface area contributed by atoms with Gasteiger partial charge in [0.25, 0.3) is 0 Å². The molecule has 3 nitrogen and oxygen atoms in total. The molecule has 0 bridgehead atoms. The number of nitrogens with zero attached hydrogens (tertiary/aromatic N) is 1. The maximum absolute atomic E-state index is 13.0. The van der Waals surface area contributed by atoms with E-state index in [2.05, 4.69) is 0 Å². The largest absolute Gasteiger partial charge is 0.480 e. The van der Waals surface area contributed by atoms with Gasteiger partial charge in [0.05, 0.1) is 6.54 Å². The van der Waals surface area contributed by atoms with Crippen molar-refractivity contribution in [1.82, 2.24) is 4.90 Å². The third kappa shape index (κ3) is 4.03. The number of benzene rings is 1. The predicted molar refractivity (Wildman–Crippen MR) is 59.5 cm³/mol. The van der Waals surface area contributed by atoms with Crippen molar-refractivity contribution in [2.24, 2.45) is 0 Å². The minimum absolute atomic E-state index is 0.0637. The number of rotatable bonds is 6. The van der Waals surface area contributed by atoms with Gasteiger partial charge in [-0.1, -0.05) is 6.92 Å². The third-order valence-corrected chi connectivity index (χ3v) is 2.35. The summed E-state index contributed by atoms with van der Waals surface area (Å²) in [6.07, 6.45) is 0.708. The lowest BCUT2D eigenvalue weighted by Gasteiger charge is -2.19. The Kier molecular flexibility index (Phi) is 5.15. The van der Waals surface area contributed by atoms with Crippen molar-refractivity contribution in [2.45, 2.75) is 19.9 Å². The summed E-state index contributed by atoms with van der Waals surface area (Å²) in [4.78, 5) is 12.1. The minimum atomic E-state index is -1.51. The maximum Gasteiger partial charge on any atom is 0.317 e. The standard InChI is InChI=1S/C12H14F3NO2/c1-2-3-16(7-11(17)18)6-8-4-9(13)12(15)10(14)5-8/h4-5H,2-3,6-7H2,1H3,(H,17,18). The van der Waals surface area contributed by atoms with Crippen molar-refractivity contribution >= 4 is 5.97 Å². The molecule has 0 aliphatic heterocycles. The van der Waals surface area contributed by atoms with Crippen molar-refractivity contribution in [2.75, 3.05) is 13.1 Å². The smallest absolute Gasteiger partial charge is 0.317 e. The molecule has 0 atom stereocenters. The fraction of sp³-hybridized carbons (Fsp3) is 0.417. The fourth-order valence-corrected chi connectivity index (χ4v) is 1.68. The fourth-order valence-electron chi connectivity index (χ4n) is 1.68. The van der Waals surface area contributed by atoms with Crippen LogP contribution in [-0.2, 0) is 11.3 Å². The van der Waals surface area contributed by atoms with Gasteiger partial charge in [0.15, 0.2) is 17.5 Å². The van der Waals surface area contributed by atoms with Crippen LogP contribution < -0.4 is 0 Å². The Balaban J connectivity index is 2.83. The Labute approximate surface area is 103 Å². The van der Waals surface area contributed by atoms with E-state index in [1.165, 1.54) is 4.90 Å². The molecule has 18 heavy (non-hydrogen) atoms. The number of carboxylic acids is 1. The zero-order chi connectivity index (χ0) is 13.7. The van der Waals surface area contributed by atoms with Gasteiger partial charge in [0.1, 0.15) is 0 Å². The molecule has 6 heteroatoms. The summed E-state index contributed by atoms with van der Waals surface area (Å²) in [5.41, 5.74) is 0.209. The van der Waals surface area contributed by atoms with E-state index >= 15 is 0 Å². The van der Waals surface area contributed by atoms with Gasteiger partial charge in [-0.15, -0.1) is 0 Å². The first-order valence-electron chi connectivity index (χ1n) is 5.51. The van der Waals surface area contributed by atoms with Crippen LogP contribution in [0.15, 0.2) is 12.1 Å². The van der Waals surface area contributed by atoms with E-state index in [1.807, 2.05) is 6.92 Å². The van der Waals surface area contributed by atoms with E-state index < -0.39 is 23.4 Å². The van der Waals surface area contributed by atoms with Crippen molar-refractivity contribution in [1.29, 1.82) is 0 Å². The Morgan fingerprint density at radius 1 is 1.28 bits per heavy atom. The summed E-state index contributed by atoms with van der Waals surface area (Å²) in [6, 6.07) is 1.76. The highest BCUT2D eigenvalue weighted by Crippen LogP contribution is 2.15. The monoisotopic (exact) mass is 261 g/mol. The second-order valence-corrected chi connectivity index (χ2v) is 3.98. The van der Waals surface area contributed by atoms with E-state index in [-0.39, 0.29) is 18.7 Å². The molecule has 0 aromatic heterocycles. The van der Waals surface area contributed by atoms with Crippen molar-refractivity contribution in [3.8, 4) is 0 Å². The Morgan fingerprint density at radius 3 is 2.28 bits per heavy atom. The molecule has 0 fully saturated rings. The van der Waals surface area contributed by atoms with Gasteiger partial charge < -0.3 is 5.11 Å². The van der Waals surface area contributed by atoms with Gasteiger partial charge >= 0.3 is 5.97 Å². The Hall–Kier alpha value is -1.56. The first-order valence-corrected chi connectivity index (χ1v) is 5.51. The molecule has 1 aromatic carbocycles. The van der Waals surface area contributed by atoms with Gasteiger partial charge in [-0.25, -0.2) is 13.2 Å². The normalized spacial score (nSPS) is 10.9. The topological polar surface area (TPSA) is 40.5 Å². The summed E-state index contributed by atoms with van der Waals surface area (Å²) in [6.45, 7) is 2.18. The molecule has 0 spiro atoms. The third-order valence-electron chi connectivity index (χ3n) is 2.35. The molecule has 0 aliphatic rings. The van der Waals surface area contributed by atoms with Crippen LogP contribution in [0.2, 0.25) is 0 Å². The van der Waals surface area contributed by atoms with E-state index in [9.17, 15) is 18.0 Å². The summed E-state index contributed by atoms with van der Waals surface area (Å²) in [5, 5.41) is 8.69. The molecular formula is C12H14F3NO2. The molecule has 0 aliphatic carbocycles. The van der Waals surface area contributed by atoms with Crippen LogP contribution in [0.5, 0.6) is 0 Å². The van der Waals surface area contributed by atoms with Crippen LogP contribution in [0.1, 0.15) is 18.9 Å². The van der Waals surface area contributed by atoms with E-state index in [0.29, 0.717) is 13.0 Å². The van der Waals surface area contributed by atoms with Crippen LogP contribution in [-0.4, -0.2) is 29.1 Å². The van der Waals surface area contributed by atoms with Crippen molar-refractivity contribution < 1.29 is 23.1 Å². The number of halogens is 3. The molecule has 0 saturated heterocycles. The first-order chi connectivity index (χ1) is 8.43. The predicted octanol–water partition coefficient (Wildman–Crippen LogP) is 2.40. The molecular weight excluding hydrogens is 247 g/mol. The highest BCUT2D eigenvalue weighted by atomic mass is 19.2. The number of aliphatic carboxylic acids is 1. The summed E-state index contributed by atoms with van der Waals surface area (Å²) in [5.74, 6) is -5.07. The van der Waals surface area contributed by atoms with Crippen LogP contribution >= 0.6 is 0 Å². The van der Waals surface area contributed by atoms with Crippen LogP contribution in [0.3, 0.4) is 0 Å². The van der Waals surface area contributed by atoms with E-state index in [0.717, 1.165) is 12.1 Å². The summed E-state index contributed by atoms with van der Waals surface area (Å²) >= 11 is 0. The number of hydrogen-bond donors (Lipinski definition) is 1. The lowest BCUT2D eigenvalue weighted by Crippen LogP contribution is -2.30. The van der Waals surface area contributed by atoms with E-state index in [4.69, 9.17) is 5.11 Å². The Bertz CT molecular complexity index is 414. The molecule has 0 heterocycles. The highest BCUT2D eigenvalue weighted by molar-refractivity contribution is 5.69. The van der Waals surface area contributed by atoms with Gasteiger partial charge in [0.2, 0.25) is 0 Å². The lowest BCUT2D eigenvalue weighted by molar-refractivity contribution is -0.138.